The molecule has 1 rings (SSSR count). The van der Waals surface area contributed by atoms with Crippen LogP contribution in [0.15, 0.2) is 0 Å². The molecule has 2 nitrogen and oxygen atoms in total. The molecule has 1 atom stereocenters. The first kappa shape index (κ1) is 4.43. The molecule has 1 heterocycles. The molecular formula is C3H9N2S+. The zero-order chi connectivity index (χ0) is 4.41. The second kappa shape index (κ2) is 1.82. The standard InChI is InChI=1S/C3H8N2S/c4-3-5-1-2-6-3/h3,5H,1-2,4H2/p+1. The Labute approximate surface area is 41.5 Å². The summed E-state index contributed by atoms with van der Waals surface area (Å²) < 4.78 is 0. The van der Waals surface area contributed by atoms with Gasteiger partial charge in [0.2, 0.25) is 5.50 Å². The van der Waals surface area contributed by atoms with Gasteiger partial charge in [-0.25, -0.2) is 0 Å². The Balaban J connectivity index is 2.18. The average Bonchev–Trinajstić information content (AvgIpc) is 1.86. The highest BCUT2D eigenvalue weighted by atomic mass is 32.2. The molecule has 1 aliphatic heterocycles. The third-order valence-electron chi connectivity index (χ3n) is 0.791. The van der Waals surface area contributed by atoms with Crippen molar-refractivity contribution in [2.24, 2.45) is 5.73 Å². The van der Waals surface area contributed by atoms with Crippen LogP contribution in [0.1, 0.15) is 0 Å². The summed E-state index contributed by atoms with van der Waals surface area (Å²) in [5.74, 6) is 1.22. The van der Waals surface area contributed by atoms with E-state index in [1.165, 1.54) is 17.5 Å². The van der Waals surface area contributed by atoms with Crippen LogP contribution in [0, 0.1) is 0 Å². The lowest BCUT2D eigenvalue weighted by atomic mass is 10.8. The molecule has 3 heteroatoms. The molecule has 0 spiro atoms. The normalized spacial score (nSPS) is 34.5. The van der Waals surface area contributed by atoms with Crippen molar-refractivity contribution in [3.8, 4) is 0 Å². The molecule has 0 amide bonds. The topological polar surface area (TPSA) is 38.0 Å². The van der Waals surface area contributed by atoms with Gasteiger partial charge < -0.3 is 0 Å². The minimum absolute atomic E-state index is 0.269. The number of hydrogen-bond donors (Lipinski definition) is 2. The van der Waals surface area contributed by atoms with Gasteiger partial charge in [-0.05, 0) is 0 Å². The van der Waals surface area contributed by atoms with Gasteiger partial charge in [0.25, 0.3) is 0 Å². The lowest BCUT2D eigenvalue weighted by molar-refractivity contribution is 0.737. The van der Waals surface area contributed by atoms with Gasteiger partial charge in [-0.15, -0.1) is 0 Å². The molecule has 3 N–H and O–H groups in total. The first-order chi connectivity index (χ1) is 2.89. The van der Waals surface area contributed by atoms with Crippen LogP contribution in [0.4, 0.5) is 0 Å². The summed E-state index contributed by atoms with van der Waals surface area (Å²) in [5, 5.41) is 3.08. The van der Waals surface area contributed by atoms with Crippen LogP contribution in [0.5, 0.6) is 0 Å². The van der Waals surface area contributed by atoms with Crippen molar-refractivity contribution in [1.82, 2.24) is 5.32 Å². The van der Waals surface area contributed by atoms with E-state index in [1.807, 2.05) is 0 Å². The van der Waals surface area contributed by atoms with Crippen molar-refractivity contribution in [2.45, 2.75) is 5.50 Å². The van der Waals surface area contributed by atoms with Crippen LogP contribution < -0.4 is 11.1 Å². The van der Waals surface area contributed by atoms with E-state index in [1.54, 1.807) is 0 Å². The van der Waals surface area contributed by atoms with Crippen LogP contribution in [0.3, 0.4) is 0 Å². The molecule has 0 aliphatic carbocycles. The third kappa shape index (κ3) is 0.864. The Kier molecular flexibility index (Phi) is 1.34. The SMILES string of the molecule is NC1NCC[SH+]1. The molecule has 0 bridgehead atoms. The van der Waals surface area contributed by atoms with Crippen molar-refractivity contribution in [1.29, 1.82) is 0 Å². The van der Waals surface area contributed by atoms with E-state index in [4.69, 9.17) is 5.73 Å². The van der Waals surface area contributed by atoms with Crippen molar-refractivity contribution in [3.63, 3.8) is 0 Å². The predicted molar refractivity (Wildman–Crippen MR) is 29.6 cm³/mol. The summed E-state index contributed by atoms with van der Waals surface area (Å²) in [6, 6.07) is 0. The minimum Gasteiger partial charge on any atom is -0.273 e. The summed E-state index contributed by atoms with van der Waals surface area (Å²) >= 11 is 1.36. The van der Waals surface area contributed by atoms with E-state index < -0.39 is 0 Å². The summed E-state index contributed by atoms with van der Waals surface area (Å²) in [7, 11) is 0. The molecule has 0 radical (unpaired) electrons. The van der Waals surface area contributed by atoms with Crippen molar-refractivity contribution in [2.75, 3.05) is 12.3 Å². The Morgan fingerprint density at radius 1 is 1.83 bits per heavy atom. The average molecular weight is 105 g/mol. The van der Waals surface area contributed by atoms with E-state index in [0.717, 1.165) is 6.54 Å². The number of nitrogens with one attached hydrogen (secondary N) is 1. The fourth-order valence-electron chi connectivity index (χ4n) is 0.481. The predicted octanol–water partition coefficient (Wildman–Crippen LogP) is -1.35. The zero-order valence-electron chi connectivity index (χ0n) is 3.52. The van der Waals surface area contributed by atoms with E-state index in [0.29, 0.717) is 0 Å². The van der Waals surface area contributed by atoms with Gasteiger partial charge in [0.05, 0.1) is 0 Å². The molecule has 36 valence electrons. The summed E-state index contributed by atoms with van der Waals surface area (Å²) in [5.41, 5.74) is 5.68. The monoisotopic (exact) mass is 105 g/mol. The number of thiol groups is 1. The first-order valence-corrected chi connectivity index (χ1v) is 3.20. The van der Waals surface area contributed by atoms with Crippen LogP contribution in [-0.4, -0.2) is 17.8 Å². The molecule has 1 saturated heterocycles. The molecule has 6 heavy (non-hydrogen) atoms. The van der Waals surface area contributed by atoms with Crippen molar-refractivity contribution >= 4 is 11.8 Å². The van der Waals surface area contributed by atoms with E-state index in [9.17, 15) is 0 Å². The van der Waals surface area contributed by atoms with Crippen LogP contribution in [0.25, 0.3) is 0 Å². The van der Waals surface area contributed by atoms with Crippen LogP contribution >= 0.6 is 0 Å². The smallest absolute Gasteiger partial charge is 0.220 e. The summed E-state index contributed by atoms with van der Waals surface area (Å²) in [4.78, 5) is 0. The molecule has 1 aliphatic rings. The number of nitrogens with two attached hydrogens (primary N) is 1. The molecule has 0 saturated carbocycles. The maximum absolute atomic E-state index is 5.41. The Bertz CT molecular complexity index is 42.1. The van der Waals surface area contributed by atoms with Gasteiger partial charge in [-0.1, -0.05) is 0 Å². The molecule has 0 aromatic carbocycles. The Morgan fingerprint density at radius 2 is 2.67 bits per heavy atom. The second-order valence-corrected chi connectivity index (χ2v) is 2.67. The molecule has 0 aromatic rings. The highest BCUT2D eigenvalue weighted by Crippen LogP contribution is 1.85. The fraction of sp³-hybridized carbons (Fsp3) is 1.00. The van der Waals surface area contributed by atoms with Crippen LogP contribution in [-0.2, 0) is 11.8 Å². The highest BCUT2D eigenvalue weighted by Gasteiger charge is 2.15. The Morgan fingerprint density at radius 3 is 2.83 bits per heavy atom. The fourth-order valence-corrected chi connectivity index (χ4v) is 1.28. The lowest BCUT2D eigenvalue weighted by Crippen LogP contribution is -2.31. The first-order valence-electron chi connectivity index (χ1n) is 2.05. The van der Waals surface area contributed by atoms with Gasteiger partial charge in [0.15, 0.2) is 0 Å². The third-order valence-corrected chi connectivity index (χ3v) is 1.85. The highest BCUT2D eigenvalue weighted by molar-refractivity contribution is 7.79. The largest absolute Gasteiger partial charge is 0.273 e. The van der Waals surface area contributed by atoms with Crippen molar-refractivity contribution in [3.05, 3.63) is 0 Å². The zero-order valence-corrected chi connectivity index (χ0v) is 4.41. The minimum atomic E-state index is 0.269. The van der Waals surface area contributed by atoms with Crippen LogP contribution in [0.2, 0.25) is 0 Å². The van der Waals surface area contributed by atoms with Crippen molar-refractivity contribution < 1.29 is 0 Å². The number of rotatable bonds is 0. The van der Waals surface area contributed by atoms with Gasteiger partial charge in [-0.2, -0.15) is 0 Å². The molecule has 1 unspecified atom stereocenters. The number of hydrogen-bond acceptors (Lipinski definition) is 2. The summed E-state index contributed by atoms with van der Waals surface area (Å²) in [6.45, 7) is 1.10. The summed E-state index contributed by atoms with van der Waals surface area (Å²) in [6.07, 6.45) is 0. The van der Waals surface area contributed by atoms with E-state index in [2.05, 4.69) is 5.32 Å². The molecular weight excluding hydrogens is 96.1 g/mol. The van der Waals surface area contributed by atoms with Gasteiger partial charge >= 0.3 is 0 Å². The van der Waals surface area contributed by atoms with Gasteiger partial charge in [0, 0.05) is 18.3 Å². The molecule has 0 aromatic heterocycles. The lowest BCUT2D eigenvalue weighted by Gasteiger charge is -1.86. The molecule has 1 fully saturated rings. The van der Waals surface area contributed by atoms with Gasteiger partial charge in [0.1, 0.15) is 5.75 Å². The maximum Gasteiger partial charge on any atom is 0.220 e. The van der Waals surface area contributed by atoms with E-state index >= 15 is 0 Å². The van der Waals surface area contributed by atoms with E-state index in [-0.39, 0.29) is 5.50 Å². The Hall–Kier alpha value is 0.270. The quantitative estimate of drug-likeness (QED) is 0.295. The second-order valence-electron chi connectivity index (χ2n) is 1.31. The maximum atomic E-state index is 5.41. The van der Waals surface area contributed by atoms with Gasteiger partial charge in [-0.3, -0.25) is 11.1 Å².